The lowest BCUT2D eigenvalue weighted by atomic mass is 10.1. The number of hydrogen-bond donors (Lipinski definition) is 1. The van der Waals surface area contributed by atoms with Gasteiger partial charge < -0.3 is 10.5 Å². The summed E-state index contributed by atoms with van der Waals surface area (Å²) in [5.41, 5.74) is 6.48. The maximum Gasteiger partial charge on any atom is 0.261 e. The van der Waals surface area contributed by atoms with E-state index in [1.54, 1.807) is 48.5 Å². The number of nitrogens with zero attached hydrogens (tertiary/aromatic N) is 1. The molecular formula is C18H16N2O4. The van der Waals surface area contributed by atoms with Crippen LogP contribution in [0, 0.1) is 0 Å². The van der Waals surface area contributed by atoms with Crippen molar-refractivity contribution in [1.82, 2.24) is 4.90 Å². The first-order chi connectivity index (χ1) is 11.6. The number of nitrogens with two attached hydrogens (primary N) is 1. The topological polar surface area (TPSA) is 89.7 Å². The summed E-state index contributed by atoms with van der Waals surface area (Å²) in [7, 11) is 0. The highest BCUT2D eigenvalue weighted by molar-refractivity contribution is 6.21. The normalized spacial score (nSPS) is 13.1. The summed E-state index contributed by atoms with van der Waals surface area (Å²) in [6, 6.07) is 13.3. The Kier molecular flexibility index (Phi) is 4.29. The molecule has 0 aliphatic carbocycles. The van der Waals surface area contributed by atoms with Crippen LogP contribution in [-0.4, -0.2) is 35.8 Å². The number of benzene rings is 2. The number of amides is 3. The second-order valence-corrected chi connectivity index (χ2v) is 5.40. The summed E-state index contributed by atoms with van der Waals surface area (Å²) < 4.78 is 5.55. The molecule has 6 nitrogen and oxygen atoms in total. The molecule has 0 unspecified atom stereocenters. The van der Waals surface area contributed by atoms with E-state index < -0.39 is 5.91 Å². The lowest BCUT2D eigenvalue weighted by Gasteiger charge is -2.14. The van der Waals surface area contributed by atoms with Crippen LogP contribution in [0.3, 0.4) is 0 Å². The number of fused-ring (bicyclic) bond motifs is 1. The number of primary amides is 1. The first kappa shape index (κ1) is 15.7. The van der Waals surface area contributed by atoms with Crippen molar-refractivity contribution in [2.75, 3.05) is 13.2 Å². The van der Waals surface area contributed by atoms with Gasteiger partial charge in [0.1, 0.15) is 5.75 Å². The van der Waals surface area contributed by atoms with E-state index in [2.05, 4.69) is 0 Å². The van der Waals surface area contributed by atoms with E-state index in [1.807, 2.05) is 0 Å². The predicted octanol–water partition coefficient (Wildman–Crippen LogP) is 1.85. The van der Waals surface area contributed by atoms with Crippen molar-refractivity contribution in [2.45, 2.75) is 6.42 Å². The van der Waals surface area contributed by atoms with Crippen LogP contribution in [-0.2, 0) is 0 Å². The molecule has 3 amide bonds. The molecular weight excluding hydrogens is 308 g/mol. The van der Waals surface area contributed by atoms with Gasteiger partial charge in [0.05, 0.1) is 17.7 Å². The van der Waals surface area contributed by atoms with Gasteiger partial charge in [0.15, 0.2) is 0 Å². The van der Waals surface area contributed by atoms with Crippen molar-refractivity contribution in [3.05, 3.63) is 65.2 Å². The van der Waals surface area contributed by atoms with Gasteiger partial charge in [-0.15, -0.1) is 0 Å². The van der Waals surface area contributed by atoms with Gasteiger partial charge in [0, 0.05) is 12.1 Å². The minimum atomic E-state index is -0.493. The fourth-order valence-electron chi connectivity index (χ4n) is 2.57. The monoisotopic (exact) mass is 324 g/mol. The number of hydrogen-bond acceptors (Lipinski definition) is 4. The average molecular weight is 324 g/mol. The third-order valence-corrected chi connectivity index (χ3v) is 3.81. The Hall–Kier alpha value is -3.15. The van der Waals surface area contributed by atoms with Gasteiger partial charge in [-0.2, -0.15) is 0 Å². The summed E-state index contributed by atoms with van der Waals surface area (Å²) in [4.78, 5) is 36.6. The van der Waals surface area contributed by atoms with Crippen LogP contribution in [0.25, 0.3) is 0 Å². The van der Waals surface area contributed by atoms with E-state index in [0.29, 0.717) is 42.0 Å². The smallest absolute Gasteiger partial charge is 0.261 e. The summed E-state index contributed by atoms with van der Waals surface area (Å²) in [5.74, 6) is -0.419. The Morgan fingerprint density at radius 1 is 0.958 bits per heavy atom. The lowest BCUT2D eigenvalue weighted by molar-refractivity contribution is 0.0646. The number of carbonyl (C=O) groups is 3. The number of ether oxygens (including phenoxy) is 1. The van der Waals surface area contributed by atoms with Gasteiger partial charge >= 0.3 is 0 Å². The van der Waals surface area contributed by atoms with Crippen LogP contribution in [0.5, 0.6) is 5.75 Å². The fraction of sp³-hybridized carbons (Fsp3) is 0.167. The van der Waals surface area contributed by atoms with E-state index in [9.17, 15) is 14.4 Å². The van der Waals surface area contributed by atoms with Crippen LogP contribution in [0.15, 0.2) is 48.5 Å². The molecule has 0 spiro atoms. The Labute approximate surface area is 138 Å². The van der Waals surface area contributed by atoms with Crippen LogP contribution >= 0.6 is 0 Å². The van der Waals surface area contributed by atoms with Gasteiger partial charge in [-0.05, 0) is 42.8 Å². The molecule has 0 saturated heterocycles. The third kappa shape index (κ3) is 2.99. The average Bonchev–Trinajstić information content (AvgIpc) is 2.84. The molecule has 122 valence electrons. The SMILES string of the molecule is NC(=O)c1ccc(OCCCN2C(=O)c3ccccc3C2=O)cc1. The zero-order valence-electron chi connectivity index (χ0n) is 12.9. The van der Waals surface area contributed by atoms with Crippen molar-refractivity contribution in [1.29, 1.82) is 0 Å². The number of carbonyl (C=O) groups excluding carboxylic acids is 3. The summed E-state index contributed by atoms with van der Waals surface area (Å²) in [5, 5.41) is 0. The molecule has 0 saturated carbocycles. The minimum Gasteiger partial charge on any atom is -0.494 e. The molecule has 2 aromatic carbocycles. The van der Waals surface area contributed by atoms with Crippen molar-refractivity contribution >= 4 is 17.7 Å². The Bertz CT molecular complexity index is 764. The fourth-order valence-corrected chi connectivity index (χ4v) is 2.57. The molecule has 24 heavy (non-hydrogen) atoms. The maximum atomic E-state index is 12.2. The molecule has 3 rings (SSSR count). The van der Waals surface area contributed by atoms with Crippen molar-refractivity contribution in [2.24, 2.45) is 5.73 Å². The predicted molar refractivity (Wildman–Crippen MR) is 86.9 cm³/mol. The van der Waals surface area contributed by atoms with Gasteiger partial charge in [-0.1, -0.05) is 12.1 Å². The van der Waals surface area contributed by atoms with Crippen LogP contribution in [0.1, 0.15) is 37.5 Å². The standard InChI is InChI=1S/C18H16N2O4/c19-16(21)12-6-8-13(9-7-12)24-11-3-10-20-17(22)14-4-1-2-5-15(14)18(20)23/h1-2,4-9H,3,10-11H2,(H2,19,21). The first-order valence-electron chi connectivity index (χ1n) is 7.56. The van der Waals surface area contributed by atoms with Crippen molar-refractivity contribution in [3.63, 3.8) is 0 Å². The van der Waals surface area contributed by atoms with Gasteiger partial charge in [0.2, 0.25) is 5.91 Å². The summed E-state index contributed by atoms with van der Waals surface area (Å²) >= 11 is 0. The number of imide groups is 1. The second kappa shape index (κ2) is 6.54. The van der Waals surface area contributed by atoms with Gasteiger partial charge in [-0.3, -0.25) is 19.3 Å². The van der Waals surface area contributed by atoms with Crippen LogP contribution in [0.2, 0.25) is 0 Å². The van der Waals surface area contributed by atoms with Gasteiger partial charge in [-0.25, -0.2) is 0 Å². The van der Waals surface area contributed by atoms with E-state index in [0.717, 1.165) is 0 Å². The molecule has 0 fully saturated rings. The first-order valence-corrected chi connectivity index (χ1v) is 7.56. The zero-order chi connectivity index (χ0) is 17.1. The largest absolute Gasteiger partial charge is 0.494 e. The van der Waals surface area contributed by atoms with Crippen LogP contribution < -0.4 is 10.5 Å². The highest BCUT2D eigenvalue weighted by Crippen LogP contribution is 2.22. The van der Waals surface area contributed by atoms with E-state index >= 15 is 0 Å². The zero-order valence-corrected chi connectivity index (χ0v) is 12.9. The molecule has 2 aromatic rings. The van der Waals surface area contributed by atoms with E-state index in [-0.39, 0.29) is 11.8 Å². The Morgan fingerprint density at radius 3 is 2.08 bits per heavy atom. The Balaban J connectivity index is 1.52. The molecule has 2 N–H and O–H groups in total. The maximum absolute atomic E-state index is 12.2. The number of rotatable bonds is 6. The summed E-state index contributed by atoms with van der Waals surface area (Å²) in [6.45, 7) is 0.648. The quantitative estimate of drug-likeness (QED) is 0.648. The molecule has 1 aliphatic heterocycles. The van der Waals surface area contributed by atoms with Crippen LogP contribution in [0.4, 0.5) is 0 Å². The molecule has 0 aromatic heterocycles. The Morgan fingerprint density at radius 2 is 1.54 bits per heavy atom. The van der Waals surface area contributed by atoms with E-state index in [1.165, 1.54) is 4.90 Å². The second-order valence-electron chi connectivity index (χ2n) is 5.40. The molecule has 6 heteroatoms. The lowest BCUT2D eigenvalue weighted by Crippen LogP contribution is -2.31. The molecule has 0 bridgehead atoms. The minimum absolute atomic E-state index is 0.263. The van der Waals surface area contributed by atoms with Crippen molar-refractivity contribution < 1.29 is 19.1 Å². The van der Waals surface area contributed by atoms with Gasteiger partial charge in [0.25, 0.3) is 11.8 Å². The molecule has 0 atom stereocenters. The summed E-state index contributed by atoms with van der Waals surface area (Å²) in [6.07, 6.45) is 0.517. The van der Waals surface area contributed by atoms with Crippen molar-refractivity contribution in [3.8, 4) is 5.75 Å². The third-order valence-electron chi connectivity index (χ3n) is 3.81. The molecule has 1 heterocycles. The van der Waals surface area contributed by atoms with E-state index in [4.69, 9.17) is 10.5 Å². The molecule has 0 radical (unpaired) electrons. The highest BCUT2D eigenvalue weighted by Gasteiger charge is 2.34. The highest BCUT2D eigenvalue weighted by atomic mass is 16.5. The molecule has 1 aliphatic rings.